The van der Waals surface area contributed by atoms with Gasteiger partial charge in [0.15, 0.2) is 0 Å². The highest BCUT2D eigenvalue weighted by Gasteiger charge is 2.37. The first-order valence-corrected chi connectivity index (χ1v) is 9.52. The molecule has 1 aliphatic carbocycles. The Balaban J connectivity index is 1.45. The molecule has 2 aliphatic rings. The van der Waals surface area contributed by atoms with Crippen LogP contribution in [0.5, 0.6) is 5.88 Å². The highest BCUT2D eigenvalue weighted by molar-refractivity contribution is 7.07. The molecule has 1 saturated carbocycles. The van der Waals surface area contributed by atoms with Crippen molar-refractivity contribution in [3.05, 3.63) is 29.0 Å². The molecule has 0 radical (unpaired) electrons. The van der Waals surface area contributed by atoms with Gasteiger partial charge in [-0.1, -0.05) is 0 Å². The number of methoxy groups -OCH3 is 1. The summed E-state index contributed by atoms with van der Waals surface area (Å²) in [6, 6.07) is 2.85. The van der Waals surface area contributed by atoms with Crippen molar-refractivity contribution in [3.63, 3.8) is 0 Å². The second-order valence-electron chi connectivity index (χ2n) is 6.45. The van der Waals surface area contributed by atoms with E-state index < -0.39 is 0 Å². The predicted molar refractivity (Wildman–Crippen MR) is 95.1 cm³/mol. The zero-order valence-electron chi connectivity index (χ0n) is 14.2. The topological polar surface area (TPSA) is 71.5 Å². The minimum atomic E-state index is 0.0429. The molecule has 0 bridgehead atoms. The van der Waals surface area contributed by atoms with Crippen molar-refractivity contribution in [2.24, 2.45) is 0 Å². The van der Waals surface area contributed by atoms with Crippen LogP contribution in [0.3, 0.4) is 0 Å². The van der Waals surface area contributed by atoms with Crippen molar-refractivity contribution in [2.45, 2.75) is 37.8 Å². The molecule has 1 aliphatic heterocycles. The van der Waals surface area contributed by atoms with Gasteiger partial charge in [0.2, 0.25) is 5.88 Å². The van der Waals surface area contributed by atoms with Crippen LogP contribution < -0.4 is 9.64 Å². The fourth-order valence-corrected chi connectivity index (χ4v) is 3.96. The van der Waals surface area contributed by atoms with Crippen LogP contribution in [0.1, 0.15) is 36.2 Å². The van der Waals surface area contributed by atoms with Gasteiger partial charge in [-0.25, -0.2) is 15.0 Å². The Morgan fingerprint density at radius 2 is 1.96 bits per heavy atom. The third kappa shape index (κ3) is 3.44. The summed E-state index contributed by atoms with van der Waals surface area (Å²) in [6.45, 7) is 1.51. The van der Waals surface area contributed by atoms with Crippen LogP contribution in [-0.2, 0) is 0 Å². The second-order valence-corrected chi connectivity index (χ2v) is 7.17. The molecule has 0 aromatic carbocycles. The lowest BCUT2D eigenvalue weighted by Crippen LogP contribution is -2.48. The van der Waals surface area contributed by atoms with Gasteiger partial charge in [0.05, 0.1) is 12.6 Å². The van der Waals surface area contributed by atoms with Crippen molar-refractivity contribution < 1.29 is 9.53 Å². The molecule has 1 saturated heterocycles. The highest BCUT2D eigenvalue weighted by atomic mass is 32.1. The van der Waals surface area contributed by atoms with Crippen molar-refractivity contribution in [1.82, 2.24) is 19.9 Å². The van der Waals surface area contributed by atoms with Crippen LogP contribution >= 0.6 is 11.3 Å². The van der Waals surface area contributed by atoms with E-state index >= 15 is 0 Å². The molecule has 3 heterocycles. The van der Waals surface area contributed by atoms with Gasteiger partial charge >= 0.3 is 0 Å². The summed E-state index contributed by atoms with van der Waals surface area (Å²) in [5.41, 5.74) is 2.26. The van der Waals surface area contributed by atoms with E-state index in [1.54, 1.807) is 18.9 Å². The first-order chi connectivity index (χ1) is 12.3. The van der Waals surface area contributed by atoms with Crippen LogP contribution in [0, 0.1) is 0 Å². The summed E-state index contributed by atoms with van der Waals surface area (Å²) in [7, 11) is 1.62. The number of hydrogen-bond donors (Lipinski definition) is 0. The molecule has 0 N–H and O–H groups in total. The van der Waals surface area contributed by atoms with Crippen molar-refractivity contribution in [2.75, 3.05) is 25.1 Å². The molecule has 132 valence electrons. The Kier molecular flexibility index (Phi) is 4.52. The molecule has 0 atom stereocenters. The lowest BCUT2D eigenvalue weighted by Gasteiger charge is -2.39. The van der Waals surface area contributed by atoms with Crippen LogP contribution in [0.15, 0.2) is 23.3 Å². The van der Waals surface area contributed by atoms with E-state index in [0.717, 1.165) is 31.7 Å². The predicted octanol–water partition coefficient (Wildman–Crippen LogP) is 2.22. The molecule has 2 aromatic rings. The molecule has 2 fully saturated rings. The second kappa shape index (κ2) is 6.95. The Bertz CT molecular complexity index is 726. The summed E-state index contributed by atoms with van der Waals surface area (Å²) in [5, 5.41) is 1.82. The number of aromatic nitrogens is 3. The van der Waals surface area contributed by atoms with Crippen LogP contribution in [0.25, 0.3) is 0 Å². The first-order valence-electron chi connectivity index (χ1n) is 8.58. The molecule has 8 heteroatoms. The van der Waals surface area contributed by atoms with E-state index in [4.69, 9.17) is 4.74 Å². The molecule has 7 nitrogen and oxygen atoms in total. The Hall–Kier alpha value is -2.22. The van der Waals surface area contributed by atoms with Gasteiger partial charge in [-0.05, 0) is 25.7 Å². The van der Waals surface area contributed by atoms with E-state index in [1.165, 1.54) is 24.2 Å². The van der Waals surface area contributed by atoms with Gasteiger partial charge in [0.25, 0.3) is 5.91 Å². The minimum absolute atomic E-state index is 0.0429. The lowest BCUT2D eigenvalue weighted by molar-refractivity contribution is 0.0706. The summed E-state index contributed by atoms with van der Waals surface area (Å²) in [4.78, 5) is 29.5. The van der Waals surface area contributed by atoms with Gasteiger partial charge in [0.1, 0.15) is 17.8 Å². The van der Waals surface area contributed by atoms with Crippen LogP contribution in [0.2, 0.25) is 0 Å². The van der Waals surface area contributed by atoms with Gasteiger partial charge in [-0.2, -0.15) is 0 Å². The standard InChI is InChI=1S/C17H21N5O2S/c1-24-16-8-15(18-10-19-16)22(12-2-3-12)13-4-6-21(7-5-13)17(23)14-9-25-11-20-14/h8-13H,2-7H2,1H3. The van der Waals surface area contributed by atoms with Gasteiger partial charge in [-0.3, -0.25) is 4.79 Å². The fraction of sp³-hybridized carbons (Fsp3) is 0.529. The number of nitrogens with zero attached hydrogens (tertiary/aromatic N) is 5. The van der Waals surface area contributed by atoms with Crippen molar-refractivity contribution >= 4 is 23.1 Å². The maximum Gasteiger partial charge on any atom is 0.273 e. The maximum atomic E-state index is 12.5. The first kappa shape index (κ1) is 16.3. The van der Waals surface area contributed by atoms with E-state index in [-0.39, 0.29) is 5.91 Å². The molecule has 0 spiro atoms. The fourth-order valence-electron chi connectivity index (χ4n) is 3.43. The smallest absolute Gasteiger partial charge is 0.273 e. The number of likely N-dealkylation sites (tertiary alicyclic amines) is 1. The Labute approximate surface area is 150 Å². The normalized spacial score (nSPS) is 18.2. The maximum absolute atomic E-state index is 12.5. The Morgan fingerprint density at radius 3 is 2.60 bits per heavy atom. The number of carbonyl (C=O) groups excluding carboxylic acids is 1. The van der Waals surface area contributed by atoms with Gasteiger partial charge in [0, 0.05) is 36.6 Å². The van der Waals surface area contributed by atoms with Gasteiger partial charge < -0.3 is 14.5 Å². The average molecular weight is 359 g/mol. The summed E-state index contributed by atoms with van der Waals surface area (Å²) < 4.78 is 5.25. The summed E-state index contributed by atoms with van der Waals surface area (Å²) >= 11 is 1.46. The number of hydrogen-bond acceptors (Lipinski definition) is 7. The largest absolute Gasteiger partial charge is 0.481 e. The minimum Gasteiger partial charge on any atom is -0.481 e. The summed E-state index contributed by atoms with van der Waals surface area (Å²) in [5.74, 6) is 1.56. The lowest BCUT2D eigenvalue weighted by atomic mass is 10.0. The van der Waals surface area contributed by atoms with E-state index in [9.17, 15) is 4.79 Å². The quantitative estimate of drug-likeness (QED) is 0.815. The van der Waals surface area contributed by atoms with E-state index in [2.05, 4.69) is 19.9 Å². The SMILES string of the molecule is COc1cc(N(C2CC2)C2CCN(C(=O)c3cscn3)CC2)ncn1. The zero-order valence-corrected chi connectivity index (χ0v) is 15.0. The molecule has 2 aromatic heterocycles. The number of thiazole rings is 1. The third-order valence-electron chi connectivity index (χ3n) is 4.84. The average Bonchev–Trinajstić information content (AvgIpc) is 3.33. The van der Waals surface area contributed by atoms with Crippen LogP contribution in [0.4, 0.5) is 5.82 Å². The van der Waals surface area contributed by atoms with Gasteiger partial charge in [-0.15, -0.1) is 11.3 Å². The number of rotatable bonds is 5. The highest BCUT2D eigenvalue weighted by Crippen LogP contribution is 2.36. The molecule has 4 rings (SSSR count). The Morgan fingerprint density at radius 1 is 1.20 bits per heavy atom. The molecular formula is C17H21N5O2S. The molecule has 25 heavy (non-hydrogen) atoms. The molecular weight excluding hydrogens is 338 g/mol. The number of amides is 1. The van der Waals surface area contributed by atoms with E-state index in [0.29, 0.717) is 23.7 Å². The van der Waals surface area contributed by atoms with Crippen LogP contribution in [-0.4, -0.2) is 58.0 Å². The summed E-state index contributed by atoms with van der Waals surface area (Å²) in [6.07, 6.45) is 5.84. The zero-order chi connectivity index (χ0) is 17.2. The number of ether oxygens (including phenoxy) is 1. The molecule has 1 amide bonds. The number of piperidine rings is 1. The van der Waals surface area contributed by atoms with Crippen molar-refractivity contribution in [3.8, 4) is 5.88 Å². The van der Waals surface area contributed by atoms with Crippen molar-refractivity contribution in [1.29, 1.82) is 0 Å². The number of anilines is 1. The third-order valence-corrected chi connectivity index (χ3v) is 5.42. The monoisotopic (exact) mass is 359 g/mol. The number of carbonyl (C=O) groups is 1. The van der Waals surface area contributed by atoms with E-state index in [1.807, 2.05) is 16.3 Å². The molecule has 0 unspecified atom stereocenters.